The third-order valence-corrected chi connectivity index (χ3v) is 13.7. The highest BCUT2D eigenvalue weighted by atomic mass is 32.2. The Morgan fingerprint density at radius 3 is 2.39 bits per heavy atom. The summed E-state index contributed by atoms with van der Waals surface area (Å²) in [5, 5.41) is 2.94. The smallest absolute Gasteiger partial charge is 0.259 e. The van der Waals surface area contributed by atoms with Crippen molar-refractivity contribution in [1.82, 2.24) is 24.8 Å². The molecule has 5 atom stereocenters. The number of hydrogen-bond acceptors (Lipinski definition) is 9. The van der Waals surface area contributed by atoms with Crippen LogP contribution >= 0.6 is 0 Å². The number of ether oxygens (including phenoxy) is 2. The molecule has 2 saturated carbocycles. The fraction of sp³-hybridized carbons (Fsp3) is 0.512. The van der Waals surface area contributed by atoms with Crippen LogP contribution in [0.4, 0.5) is 0 Å². The van der Waals surface area contributed by atoms with Crippen molar-refractivity contribution >= 4 is 44.6 Å². The average Bonchev–Trinajstić information content (AvgIpc) is 4.13. The van der Waals surface area contributed by atoms with Gasteiger partial charge in [0.15, 0.2) is 0 Å². The second-order valence-electron chi connectivity index (χ2n) is 17.0. The quantitative estimate of drug-likeness (QED) is 0.227. The number of piperidine rings is 1. The zero-order valence-corrected chi connectivity index (χ0v) is 34.0. The summed E-state index contributed by atoms with van der Waals surface area (Å²) < 4.78 is 40.1. The Labute approximate surface area is 334 Å². The summed E-state index contributed by atoms with van der Waals surface area (Å²) in [5.74, 6) is -2.03. The third kappa shape index (κ3) is 8.51. The first kappa shape index (κ1) is 40.2. The number of pyridine rings is 1. The predicted octanol–water partition coefficient (Wildman–Crippen LogP) is 4.99. The minimum atomic E-state index is -3.90. The first-order valence-corrected chi connectivity index (χ1v) is 21.5. The van der Waals surface area contributed by atoms with Crippen LogP contribution in [0.2, 0.25) is 0 Å². The minimum absolute atomic E-state index is 0.0140. The third-order valence-electron chi connectivity index (χ3n) is 11.9. The highest BCUT2D eigenvalue weighted by molar-refractivity contribution is 7.91. The zero-order chi connectivity index (χ0) is 40.7. The van der Waals surface area contributed by atoms with Gasteiger partial charge in [0.2, 0.25) is 27.7 Å². The van der Waals surface area contributed by atoms with E-state index in [1.54, 1.807) is 7.11 Å². The van der Waals surface area contributed by atoms with Crippen molar-refractivity contribution in [3.8, 4) is 22.8 Å². The molecule has 4 amide bonds. The van der Waals surface area contributed by atoms with Gasteiger partial charge in [-0.15, -0.1) is 6.58 Å². The van der Waals surface area contributed by atoms with E-state index < -0.39 is 62.0 Å². The number of benzene rings is 2. The number of carbonyl (C=O) groups excluding carboxylic acids is 4. The van der Waals surface area contributed by atoms with E-state index in [2.05, 4.69) is 16.6 Å². The number of nitrogens with zero attached hydrogens (tertiary/aromatic N) is 3. The normalized spacial score (nSPS) is 24.0. The number of nitrogens with one attached hydrogen (secondary N) is 2. The van der Waals surface area contributed by atoms with Gasteiger partial charge in [-0.3, -0.25) is 23.9 Å². The number of rotatable bonds is 13. The predicted molar refractivity (Wildman–Crippen MR) is 216 cm³/mol. The van der Waals surface area contributed by atoms with Gasteiger partial charge in [-0.1, -0.05) is 57.2 Å². The molecule has 0 spiro atoms. The van der Waals surface area contributed by atoms with Gasteiger partial charge in [-0.2, -0.15) is 0 Å². The van der Waals surface area contributed by atoms with E-state index >= 15 is 0 Å². The van der Waals surface area contributed by atoms with Crippen LogP contribution in [0.15, 0.2) is 67.3 Å². The lowest BCUT2D eigenvalue weighted by Crippen LogP contribution is -2.57. The molecule has 13 nitrogen and oxygen atoms in total. The molecular weight excluding hydrogens is 747 g/mol. The first-order valence-electron chi connectivity index (χ1n) is 19.9. The molecule has 1 aromatic heterocycles. The van der Waals surface area contributed by atoms with Gasteiger partial charge in [0, 0.05) is 54.9 Å². The molecule has 14 heteroatoms. The number of likely N-dealkylation sites (tertiary alicyclic amines) is 2. The van der Waals surface area contributed by atoms with Crippen molar-refractivity contribution in [1.29, 1.82) is 0 Å². The summed E-state index contributed by atoms with van der Waals surface area (Å²) in [6, 6.07) is 15.9. The molecule has 2 aliphatic carbocycles. The fourth-order valence-electron chi connectivity index (χ4n) is 8.14. The van der Waals surface area contributed by atoms with Gasteiger partial charge in [0.1, 0.15) is 29.2 Å². The van der Waals surface area contributed by atoms with Crippen molar-refractivity contribution in [2.75, 3.05) is 26.7 Å². The Morgan fingerprint density at radius 2 is 1.75 bits per heavy atom. The number of sulfonamides is 1. The van der Waals surface area contributed by atoms with Gasteiger partial charge < -0.3 is 24.6 Å². The van der Waals surface area contributed by atoms with Crippen molar-refractivity contribution in [3.63, 3.8) is 0 Å². The maximum Gasteiger partial charge on any atom is 0.259 e. The summed E-state index contributed by atoms with van der Waals surface area (Å²) >= 11 is 0. The first-order chi connectivity index (χ1) is 27.1. The van der Waals surface area contributed by atoms with Gasteiger partial charge >= 0.3 is 0 Å². The molecule has 2 aliphatic heterocycles. The Hall–Kier alpha value is -4.98. The molecule has 304 valence electrons. The molecule has 3 aromatic rings. The number of aromatic nitrogens is 1. The number of fused-ring (bicyclic) bond motifs is 1. The largest absolute Gasteiger partial charge is 0.497 e. The lowest BCUT2D eigenvalue weighted by molar-refractivity contribution is -0.148. The maximum absolute atomic E-state index is 14.9. The number of methoxy groups -OCH3 is 1. The molecule has 0 radical (unpaired) electrons. The molecule has 7 rings (SSSR count). The Morgan fingerprint density at radius 1 is 1.04 bits per heavy atom. The van der Waals surface area contributed by atoms with Gasteiger partial charge in [0.25, 0.3) is 5.91 Å². The minimum Gasteiger partial charge on any atom is -0.497 e. The molecule has 57 heavy (non-hydrogen) atoms. The molecule has 4 aliphatic rings. The van der Waals surface area contributed by atoms with E-state index in [1.165, 1.54) is 11.0 Å². The molecule has 2 unspecified atom stereocenters. The van der Waals surface area contributed by atoms with Gasteiger partial charge in [-0.05, 0) is 56.1 Å². The van der Waals surface area contributed by atoms with Crippen LogP contribution < -0.4 is 19.5 Å². The summed E-state index contributed by atoms with van der Waals surface area (Å²) in [4.78, 5) is 64.9. The molecular formula is C43H53N5O8S. The Bertz CT molecular complexity index is 2160. The number of carbonyl (C=O) groups is 4. The lowest BCUT2D eigenvalue weighted by Gasteiger charge is -2.36. The van der Waals surface area contributed by atoms with Gasteiger partial charge in [-0.25, -0.2) is 13.4 Å². The fourth-order valence-corrected chi connectivity index (χ4v) is 9.51. The van der Waals surface area contributed by atoms with Crippen LogP contribution in [0.3, 0.4) is 0 Å². The van der Waals surface area contributed by atoms with E-state index in [9.17, 15) is 27.6 Å². The van der Waals surface area contributed by atoms with Crippen LogP contribution in [-0.2, 0) is 29.2 Å². The molecule has 4 fully saturated rings. The van der Waals surface area contributed by atoms with E-state index in [4.69, 9.17) is 14.5 Å². The second kappa shape index (κ2) is 15.8. The standard InChI is InChI=1S/C43H53N5O8S/c1-6-28-25-43(28,41(52)46-57(53,54)31-16-17-31)45-39(50)36-22-30(26-48(36)40(51)33(42(2,3)4)23-38(49)47-19-11-8-12-20-47)56-37-24-34(27-13-9-7-10-14-27)44-35-21-29(55-5)15-18-32(35)37/h6-7,9-10,13-15,18,21,24,28,30-31,33,36H,1,8,11-12,16-17,19-20,22-23,25-26H2,2-5H3,(H,45,50)(H,46,52)/t28?,30-,33?,36-,43-/m1/s1. The second-order valence-corrected chi connectivity index (χ2v) is 18.9. The monoisotopic (exact) mass is 799 g/mol. The van der Waals surface area contributed by atoms with E-state index in [0.717, 1.165) is 24.8 Å². The van der Waals surface area contributed by atoms with Crippen molar-refractivity contribution in [2.24, 2.45) is 17.3 Å². The van der Waals surface area contributed by atoms with Gasteiger partial charge in [0.05, 0.1) is 36.0 Å². The molecule has 2 saturated heterocycles. The van der Waals surface area contributed by atoms with E-state index in [0.29, 0.717) is 54.0 Å². The van der Waals surface area contributed by atoms with Crippen molar-refractivity contribution < 1.29 is 37.1 Å². The SMILES string of the molecule is C=CC1C[C@]1(NC(=O)[C@H]1C[C@@H](Oc2cc(-c3ccccc3)nc3cc(OC)ccc23)CN1C(=O)C(CC(=O)N1CCCCC1)C(C)(C)C)C(=O)NS(=O)(=O)C1CC1. The van der Waals surface area contributed by atoms with Crippen LogP contribution in [0.25, 0.3) is 22.2 Å². The van der Waals surface area contributed by atoms with Crippen LogP contribution in [0, 0.1) is 17.3 Å². The molecule has 0 bridgehead atoms. The van der Waals surface area contributed by atoms with Crippen molar-refractivity contribution in [2.45, 2.75) is 95.1 Å². The summed E-state index contributed by atoms with van der Waals surface area (Å²) in [5.41, 5.74) is -0.0157. The van der Waals surface area contributed by atoms with E-state index in [-0.39, 0.29) is 37.6 Å². The lowest BCUT2D eigenvalue weighted by atomic mass is 9.77. The highest BCUT2D eigenvalue weighted by Gasteiger charge is 2.62. The number of hydrogen-bond donors (Lipinski definition) is 2. The molecule has 2 aromatic carbocycles. The summed E-state index contributed by atoms with van der Waals surface area (Å²) in [6.45, 7) is 10.9. The Balaban J connectivity index is 1.21. The number of amides is 4. The topological polar surface area (TPSA) is 164 Å². The van der Waals surface area contributed by atoms with Crippen LogP contribution in [0.5, 0.6) is 11.5 Å². The van der Waals surface area contributed by atoms with Crippen LogP contribution in [0.1, 0.15) is 72.1 Å². The average molecular weight is 800 g/mol. The summed E-state index contributed by atoms with van der Waals surface area (Å²) in [6.07, 6.45) is 4.91. The van der Waals surface area contributed by atoms with Crippen LogP contribution in [-0.4, -0.2) is 96.5 Å². The zero-order valence-electron chi connectivity index (χ0n) is 33.2. The molecule has 2 N–H and O–H groups in total. The highest BCUT2D eigenvalue weighted by Crippen LogP contribution is 2.46. The maximum atomic E-state index is 14.9. The Kier molecular flexibility index (Phi) is 11.1. The van der Waals surface area contributed by atoms with E-state index in [1.807, 2.05) is 80.3 Å². The van der Waals surface area contributed by atoms with Crippen molar-refractivity contribution in [3.05, 3.63) is 67.3 Å². The summed E-state index contributed by atoms with van der Waals surface area (Å²) in [7, 11) is -2.31. The molecule has 3 heterocycles.